The zero-order chi connectivity index (χ0) is 16.2. The molecule has 1 atom stereocenters. The highest BCUT2D eigenvalue weighted by Crippen LogP contribution is 2.33. The lowest BCUT2D eigenvalue weighted by atomic mass is 10.1. The molecule has 122 valence electrons. The number of aromatic amines is 1. The Kier molecular flexibility index (Phi) is 4.60. The van der Waals surface area contributed by atoms with E-state index in [4.69, 9.17) is 15.9 Å². The molecule has 0 unspecified atom stereocenters. The van der Waals surface area contributed by atoms with Gasteiger partial charge in [0.25, 0.3) is 5.56 Å². The van der Waals surface area contributed by atoms with Gasteiger partial charge < -0.3 is 19.7 Å². The van der Waals surface area contributed by atoms with Gasteiger partial charge >= 0.3 is 0 Å². The molecule has 8 heteroatoms. The van der Waals surface area contributed by atoms with Crippen molar-refractivity contribution in [3.8, 4) is 18.1 Å². The zero-order valence-corrected chi connectivity index (χ0v) is 12.6. The van der Waals surface area contributed by atoms with Crippen molar-refractivity contribution < 1.29 is 14.3 Å². The average molecular weight is 318 g/mol. The zero-order valence-electron chi connectivity index (χ0n) is 12.6. The number of hydrogen-bond acceptors (Lipinski definition) is 6. The lowest BCUT2D eigenvalue weighted by Crippen LogP contribution is -2.47. The van der Waals surface area contributed by atoms with E-state index in [9.17, 15) is 9.59 Å². The molecule has 1 amide bonds. The molecule has 1 aromatic heterocycles. The first-order valence-corrected chi connectivity index (χ1v) is 7.52. The number of carbonyl (C=O) groups excluding carboxylic acids is 1. The number of hydrogen-bond donors (Lipinski definition) is 2. The molecule has 8 nitrogen and oxygen atoms in total. The largest absolute Gasteiger partial charge is 0.490 e. The summed E-state index contributed by atoms with van der Waals surface area (Å²) in [7, 11) is 0. The van der Waals surface area contributed by atoms with Crippen LogP contribution < -0.4 is 15.6 Å². The molecule has 0 aliphatic carbocycles. The fourth-order valence-electron chi connectivity index (χ4n) is 2.69. The maximum absolute atomic E-state index is 12.2. The molecule has 2 aliphatic heterocycles. The minimum Gasteiger partial charge on any atom is -0.490 e. The van der Waals surface area contributed by atoms with Crippen LogP contribution in [0.2, 0.25) is 0 Å². The van der Waals surface area contributed by atoms with Gasteiger partial charge in [0.2, 0.25) is 5.91 Å². The Morgan fingerprint density at radius 1 is 1.48 bits per heavy atom. The molecule has 1 aromatic rings. The van der Waals surface area contributed by atoms with Gasteiger partial charge in [-0.05, 0) is 0 Å². The van der Waals surface area contributed by atoms with Gasteiger partial charge in [-0.25, -0.2) is 5.10 Å². The molecule has 3 rings (SSSR count). The third-order valence-electron chi connectivity index (χ3n) is 3.92. The lowest BCUT2D eigenvalue weighted by molar-refractivity contribution is -0.139. The van der Waals surface area contributed by atoms with Crippen molar-refractivity contribution in [1.82, 2.24) is 20.4 Å². The molecule has 0 bridgehead atoms. The van der Waals surface area contributed by atoms with Crippen LogP contribution in [0, 0.1) is 12.3 Å². The quantitative estimate of drug-likeness (QED) is 0.696. The second-order valence-corrected chi connectivity index (χ2v) is 5.35. The van der Waals surface area contributed by atoms with Crippen molar-refractivity contribution in [2.24, 2.45) is 0 Å². The van der Waals surface area contributed by atoms with E-state index in [1.807, 2.05) is 0 Å². The molecule has 0 aromatic carbocycles. The first-order valence-electron chi connectivity index (χ1n) is 7.52. The topological polar surface area (TPSA) is 96.6 Å². The monoisotopic (exact) mass is 318 g/mol. The number of fused-ring (bicyclic) bond motifs is 1. The second-order valence-electron chi connectivity index (χ2n) is 5.35. The van der Waals surface area contributed by atoms with E-state index in [0.29, 0.717) is 31.8 Å². The first-order chi connectivity index (χ1) is 11.2. The number of piperazine rings is 1. The SMILES string of the molecule is C#Cc1c2c(n[nH]c1=O)[C@H](OCC(=O)N1CCNCC1)CCO2. The summed E-state index contributed by atoms with van der Waals surface area (Å²) in [5, 5.41) is 9.52. The molecule has 0 saturated carbocycles. The smallest absolute Gasteiger partial charge is 0.283 e. The van der Waals surface area contributed by atoms with Crippen LogP contribution in [-0.4, -0.2) is 60.4 Å². The van der Waals surface area contributed by atoms with Crippen molar-refractivity contribution in [1.29, 1.82) is 0 Å². The number of ether oxygens (including phenoxy) is 2. The van der Waals surface area contributed by atoms with E-state index in [1.54, 1.807) is 4.90 Å². The third kappa shape index (κ3) is 3.21. The second kappa shape index (κ2) is 6.81. The molecule has 2 aliphatic rings. The molecule has 0 radical (unpaired) electrons. The molecule has 1 fully saturated rings. The van der Waals surface area contributed by atoms with E-state index in [2.05, 4.69) is 21.4 Å². The summed E-state index contributed by atoms with van der Waals surface area (Å²) >= 11 is 0. The van der Waals surface area contributed by atoms with Crippen LogP contribution in [0.15, 0.2) is 4.79 Å². The number of carbonyl (C=O) groups is 1. The van der Waals surface area contributed by atoms with Gasteiger partial charge in [0.1, 0.15) is 24.0 Å². The van der Waals surface area contributed by atoms with Gasteiger partial charge in [0, 0.05) is 32.6 Å². The van der Waals surface area contributed by atoms with Gasteiger partial charge in [-0.2, -0.15) is 5.10 Å². The highest BCUT2D eigenvalue weighted by molar-refractivity contribution is 5.77. The predicted octanol–water partition coefficient (Wildman–Crippen LogP) is -0.977. The van der Waals surface area contributed by atoms with Crippen LogP contribution in [0.1, 0.15) is 23.8 Å². The van der Waals surface area contributed by atoms with Gasteiger partial charge in [-0.1, -0.05) is 5.92 Å². The highest BCUT2D eigenvalue weighted by Gasteiger charge is 2.29. The number of H-pyrrole nitrogens is 1. The van der Waals surface area contributed by atoms with Gasteiger partial charge in [0.05, 0.1) is 6.61 Å². The molecule has 2 N–H and O–H groups in total. The first kappa shape index (κ1) is 15.5. The molecule has 23 heavy (non-hydrogen) atoms. The van der Waals surface area contributed by atoms with Crippen LogP contribution in [0.25, 0.3) is 0 Å². The summed E-state index contributed by atoms with van der Waals surface area (Å²) in [5.74, 6) is 2.54. The van der Waals surface area contributed by atoms with Crippen molar-refractivity contribution in [2.75, 3.05) is 39.4 Å². The fourth-order valence-corrected chi connectivity index (χ4v) is 2.69. The summed E-state index contributed by atoms with van der Waals surface area (Å²) in [5.41, 5.74) is 0.0810. The minimum atomic E-state index is -0.469. The molecule has 1 saturated heterocycles. The van der Waals surface area contributed by atoms with Gasteiger partial charge in [-0.15, -0.1) is 6.42 Å². The Bertz CT molecular complexity index is 688. The van der Waals surface area contributed by atoms with Crippen LogP contribution in [-0.2, 0) is 9.53 Å². The maximum Gasteiger partial charge on any atom is 0.283 e. The molecule has 0 spiro atoms. The number of nitrogens with zero attached hydrogens (tertiary/aromatic N) is 2. The van der Waals surface area contributed by atoms with E-state index < -0.39 is 11.7 Å². The summed E-state index contributed by atoms with van der Waals surface area (Å²) in [6.07, 6.45) is 5.48. The Morgan fingerprint density at radius 3 is 3.00 bits per heavy atom. The predicted molar refractivity (Wildman–Crippen MR) is 81.0 cm³/mol. The van der Waals surface area contributed by atoms with Crippen LogP contribution in [0.3, 0.4) is 0 Å². The van der Waals surface area contributed by atoms with Gasteiger partial charge in [-0.3, -0.25) is 9.59 Å². The third-order valence-corrected chi connectivity index (χ3v) is 3.92. The Balaban J connectivity index is 1.70. The van der Waals surface area contributed by atoms with Crippen LogP contribution in [0.4, 0.5) is 0 Å². The summed E-state index contributed by atoms with van der Waals surface area (Å²) < 4.78 is 11.2. The van der Waals surface area contributed by atoms with Crippen molar-refractivity contribution in [3.05, 3.63) is 21.6 Å². The van der Waals surface area contributed by atoms with Crippen LogP contribution >= 0.6 is 0 Å². The lowest BCUT2D eigenvalue weighted by Gasteiger charge is -2.29. The Labute approximate surface area is 133 Å². The van der Waals surface area contributed by atoms with E-state index in [0.717, 1.165) is 13.1 Å². The Hall–Kier alpha value is -2.37. The number of aromatic nitrogens is 2. The van der Waals surface area contributed by atoms with Crippen molar-refractivity contribution in [2.45, 2.75) is 12.5 Å². The maximum atomic E-state index is 12.2. The average Bonchev–Trinajstić information content (AvgIpc) is 2.60. The van der Waals surface area contributed by atoms with Gasteiger partial charge in [0.15, 0.2) is 5.75 Å². The number of terminal acetylenes is 1. The number of amides is 1. The van der Waals surface area contributed by atoms with E-state index in [-0.39, 0.29) is 23.8 Å². The summed E-state index contributed by atoms with van der Waals surface area (Å²) in [6.45, 7) is 3.27. The molecular formula is C15H18N4O4. The number of nitrogens with one attached hydrogen (secondary N) is 2. The summed E-state index contributed by atoms with van der Waals surface area (Å²) in [4.78, 5) is 25.6. The standard InChI is InChI=1S/C15H18N4O4/c1-2-10-14-13(17-18-15(10)21)11(3-8-22-14)23-9-12(20)19-6-4-16-5-7-19/h1,11,16H,3-9H2,(H,18,21)/t11-/m1/s1. The number of rotatable bonds is 3. The van der Waals surface area contributed by atoms with Crippen molar-refractivity contribution >= 4 is 5.91 Å². The van der Waals surface area contributed by atoms with E-state index >= 15 is 0 Å². The van der Waals surface area contributed by atoms with Crippen molar-refractivity contribution in [3.63, 3.8) is 0 Å². The molecule has 3 heterocycles. The normalized spacial score (nSPS) is 20.3. The van der Waals surface area contributed by atoms with E-state index in [1.165, 1.54) is 0 Å². The Morgan fingerprint density at radius 2 is 2.26 bits per heavy atom. The fraction of sp³-hybridized carbons (Fsp3) is 0.533. The summed E-state index contributed by atoms with van der Waals surface area (Å²) in [6, 6.07) is 0. The molecular weight excluding hydrogens is 300 g/mol. The van der Waals surface area contributed by atoms with Crippen LogP contribution in [0.5, 0.6) is 5.75 Å². The highest BCUT2D eigenvalue weighted by atomic mass is 16.5. The minimum absolute atomic E-state index is 0.0314.